The van der Waals surface area contributed by atoms with Gasteiger partial charge in [-0.15, -0.1) is 12.4 Å². The van der Waals surface area contributed by atoms with E-state index in [0.29, 0.717) is 31.4 Å². The van der Waals surface area contributed by atoms with E-state index in [-0.39, 0.29) is 24.4 Å². The van der Waals surface area contributed by atoms with Gasteiger partial charge in [-0.25, -0.2) is 0 Å². The molecular weight excluding hydrogens is 324 g/mol. The zero-order valence-corrected chi connectivity index (χ0v) is 16.4. The molecular formula is C19H33ClN2O2. The van der Waals surface area contributed by atoms with E-state index < -0.39 is 0 Å². The number of nitrogens with two attached hydrogens (primary N) is 1. The largest absolute Gasteiger partial charge is 0.493 e. The number of hydrogen-bond donors (Lipinski definition) is 1. The van der Waals surface area contributed by atoms with Gasteiger partial charge >= 0.3 is 0 Å². The molecule has 1 rings (SSSR count). The molecule has 0 radical (unpaired) electrons. The summed E-state index contributed by atoms with van der Waals surface area (Å²) < 4.78 is 5.65. The Bertz CT molecular complexity index is 475. The van der Waals surface area contributed by atoms with Crippen molar-refractivity contribution in [3.05, 3.63) is 29.8 Å². The van der Waals surface area contributed by atoms with Crippen LogP contribution in [0.5, 0.6) is 5.75 Å². The summed E-state index contributed by atoms with van der Waals surface area (Å²) in [7, 11) is 1.84. The molecule has 24 heavy (non-hydrogen) atoms. The normalized spacial score (nSPS) is 12.0. The smallest absolute Gasteiger partial charge is 0.226 e. The van der Waals surface area contributed by atoms with Gasteiger partial charge in [0.25, 0.3) is 0 Å². The number of ether oxygens (including phenoxy) is 1. The molecule has 1 aromatic rings. The fraction of sp³-hybridized carbons (Fsp3) is 0.632. The van der Waals surface area contributed by atoms with Crippen molar-refractivity contribution in [3.8, 4) is 5.75 Å². The SMILES string of the molecule is CC(C)COc1ccc(CC(=O)N(C)CCC(N)C(C)C)cc1.Cl. The van der Waals surface area contributed by atoms with Crippen molar-refractivity contribution in [2.24, 2.45) is 17.6 Å². The van der Waals surface area contributed by atoms with E-state index in [9.17, 15) is 4.79 Å². The minimum absolute atomic E-state index is 0. The van der Waals surface area contributed by atoms with Gasteiger partial charge in [0.2, 0.25) is 5.91 Å². The first-order valence-corrected chi connectivity index (χ1v) is 8.51. The van der Waals surface area contributed by atoms with Crippen molar-refractivity contribution in [2.45, 2.75) is 46.6 Å². The monoisotopic (exact) mass is 356 g/mol. The summed E-state index contributed by atoms with van der Waals surface area (Å²) in [5, 5.41) is 0. The van der Waals surface area contributed by atoms with Gasteiger partial charge in [0.15, 0.2) is 0 Å². The Hall–Kier alpha value is -1.26. The molecule has 2 N–H and O–H groups in total. The number of benzene rings is 1. The molecule has 4 nitrogen and oxygen atoms in total. The maximum atomic E-state index is 12.2. The lowest BCUT2D eigenvalue weighted by Gasteiger charge is -2.21. The topological polar surface area (TPSA) is 55.6 Å². The van der Waals surface area contributed by atoms with Crippen LogP contribution >= 0.6 is 12.4 Å². The molecule has 1 unspecified atom stereocenters. The van der Waals surface area contributed by atoms with Crippen molar-refractivity contribution in [2.75, 3.05) is 20.2 Å². The lowest BCUT2D eigenvalue weighted by Crippen LogP contribution is -2.35. The first kappa shape index (κ1) is 22.7. The predicted molar refractivity (Wildman–Crippen MR) is 103 cm³/mol. The molecule has 0 aromatic heterocycles. The van der Waals surface area contributed by atoms with E-state index in [2.05, 4.69) is 27.7 Å². The van der Waals surface area contributed by atoms with Gasteiger partial charge in [-0.3, -0.25) is 4.79 Å². The molecule has 138 valence electrons. The molecule has 5 heteroatoms. The molecule has 0 saturated carbocycles. The van der Waals surface area contributed by atoms with Crippen LogP contribution in [0.4, 0.5) is 0 Å². The minimum atomic E-state index is 0. The van der Waals surface area contributed by atoms with Gasteiger partial charge in [-0.1, -0.05) is 39.8 Å². The summed E-state index contributed by atoms with van der Waals surface area (Å²) in [5.74, 6) is 1.92. The van der Waals surface area contributed by atoms with Crippen molar-refractivity contribution in [3.63, 3.8) is 0 Å². The number of halogens is 1. The van der Waals surface area contributed by atoms with Crippen molar-refractivity contribution < 1.29 is 9.53 Å². The highest BCUT2D eigenvalue weighted by molar-refractivity contribution is 5.85. The van der Waals surface area contributed by atoms with Crippen LogP contribution in [0.15, 0.2) is 24.3 Å². The zero-order valence-electron chi connectivity index (χ0n) is 15.6. The molecule has 1 atom stereocenters. The van der Waals surface area contributed by atoms with Crippen LogP contribution in [-0.4, -0.2) is 37.0 Å². The summed E-state index contributed by atoms with van der Waals surface area (Å²) in [6, 6.07) is 7.92. The van der Waals surface area contributed by atoms with Crippen LogP contribution < -0.4 is 10.5 Å². The maximum Gasteiger partial charge on any atom is 0.226 e. The Morgan fingerprint density at radius 3 is 2.25 bits per heavy atom. The fourth-order valence-corrected chi connectivity index (χ4v) is 2.08. The van der Waals surface area contributed by atoms with Gasteiger partial charge in [0, 0.05) is 19.6 Å². The number of nitrogens with zero attached hydrogens (tertiary/aromatic N) is 1. The Kier molecular flexibility index (Phi) is 10.7. The van der Waals surface area contributed by atoms with Crippen LogP contribution in [0.25, 0.3) is 0 Å². The van der Waals surface area contributed by atoms with E-state index in [1.165, 1.54) is 0 Å². The average Bonchev–Trinajstić information content (AvgIpc) is 2.51. The van der Waals surface area contributed by atoms with Gasteiger partial charge in [0.1, 0.15) is 5.75 Å². The van der Waals surface area contributed by atoms with E-state index in [1.54, 1.807) is 4.90 Å². The molecule has 0 aliphatic heterocycles. The third-order valence-electron chi connectivity index (χ3n) is 3.94. The molecule has 0 spiro atoms. The Morgan fingerprint density at radius 1 is 1.17 bits per heavy atom. The van der Waals surface area contributed by atoms with Crippen LogP contribution in [-0.2, 0) is 11.2 Å². The Balaban J connectivity index is 0.00000529. The average molecular weight is 357 g/mol. The number of carbonyl (C=O) groups is 1. The summed E-state index contributed by atoms with van der Waals surface area (Å²) in [5.41, 5.74) is 7.04. The highest BCUT2D eigenvalue weighted by atomic mass is 35.5. The summed E-state index contributed by atoms with van der Waals surface area (Å²) in [6.07, 6.45) is 1.25. The van der Waals surface area contributed by atoms with E-state index in [4.69, 9.17) is 10.5 Å². The van der Waals surface area contributed by atoms with Crippen molar-refractivity contribution >= 4 is 18.3 Å². The molecule has 0 aliphatic carbocycles. The number of carbonyl (C=O) groups excluding carboxylic acids is 1. The van der Waals surface area contributed by atoms with Crippen LogP contribution in [0.2, 0.25) is 0 Å². The minimum Gasteiger partial charge on any atom is -0.493 e. The zero-order chi connectivity index (χ0) is 17.4. The van der Waals surface area contributed by atoms with Gasteiger partial charge in [-0.05, 0) is 36.0 Å². The lowest BCUT2D eigenvalue weighted by atomic mass is 10.0. The molecule has 0 bridgehead atoms. The fourth-order valence-electron chi connectivity index (χ4n) is 2.08. The molecule has 0 heterocycles. The summed E-state index contributed by atoms with van der Waals surface area (Å²) in [4.78, 5) is 14.0. The molecule has 1 aromatic carbocycles. The van der Waals surface area contributed by atoms with Gasteiger partial charge in [0.05, 0.1) is 13.0 Å². The lowest BCUT2D eigenvalue weighted by molar-refractivity contribution is -0.129. The van der Waals surface area contributed by atoms with Crippen LogP contribution in [0, 0.1) is 11.8 Å². The highest BCUT2D eigenvalue weighted by Crippen LogP contribution is 2.14. The molecule has 0 saturated heterocycles. The number of amides is 1. The van der Waals surface area contributed by atoms with Crippen molar-refractivity contribution in [1.82, 2.24) is 4.90 Å². The third-order valence-corrected chi connectivity index (χ3v) is 3.94. The van der Waals surface area contributed by atoms with Gasteiger partial charge < -0.3 is 15.4 Å². The highest BCUT2D eigenvalue weighted by Gasteiger charge is 2.13. The standard InChI is InChI=1S/C19H32N2O2.ClH/c1-14(2)13-23-17-8-6-16(7-9-17)12-19(22)21(5)11-10-18(20)15(3)4;/h6-9,14-15,18H,10-13,20H2,1-5H3;1H. The molecule has 0 aliphatic rings. The van der Waals surface area contributed by atoms with Gasteiger partial charge in [-0.2, -0.15) is 0 Å². The number of likely N-dealkylation sites (N-methyl/N-ethyl adjacent to an activating group) is 1. The predicted octanol–water partition coefficient (Wildman–Crippen LogP) is 3.52. The first-order valence-electron chi connectivity index (χ1n) is 8.51. The first-order chi connectivity index (χ1) is 10.8. The van der Waals surface area contributed by atoms with E-state index in [0.717, 1.165) is 17.7 Å². The molecule has 1 amide bonds. The molecule has 0 fully saturated rings. The van der Waals surface area contributed by atoms with Crippen molar-refractivity contribution in [1.29, 1.82) is 0 Å². The summed E-state index contributed by atoms with van der Waals surface area (Å²) in [6.45, 7) is 9.86. The maximum absolute atomic E-state index is 12.2. The van der Waals surface area contributed by atoms with E-state index >= 15 is 0 Å². The number of rotatable bonds is 9. The summed E-state index contributed by atoms with van der Waals surface area (Å²) >= 11 is 0. The van der Waals surface area contributed by atoms with Crippen LogP contribution in [0.3, 0.4) is 0 Å². The third kappa shape index (κ3) is 8.55. The number of hydrogen-bond acceptors (Lipinski definition) is 3. The van der Waals surface area contributed by atoms with Crippen LogP contribution in [0.1, 0.15) is 39.7 Å². The Morgan fingerprint density at radius 2 is 1.75 bits per heavy atom. The second-order valence-electron chi connectivity index (χ2n) is 7.04. The van der Waals surface area contributed by atoms with E-state index in [1.807, 2.05) is 31.3 Å². The second-order valence-corrected chi connectivity index (χ2v) is 7.04. The Labute approximate surface area is 153 Å². The second kappa shape index (κ2) is 11.3. The quantitative estimate of drug-likeness (QED) is 0.736.